The number of nitrogens with one attached hydrogen (secondary N) is 1. The molecular formula is C23H19N3O3S. The molecule has 0 amide bonds. The van der Waals surface area contributed by atoms with Gasteiger partial charge in [0.25, 0.3) is 0 Å². The van der Waals surface area contributed by atoms with Gasteiger partial charge in [-0.3, -0.25) is 5.10 Å². The largest absolute Gasteiger partial charge is 0.493 e. The van der Waals surface area contributed by atoms with Gasteiger partial charge in [-0.1, -0.05) is 42.2 Å². The molecule has 0 aliphatic heterocycles. The summed E-state index contributed by atoms with van der Waals surface area (Å²) >= 11 is 0. The minimum Gasteiger partial charge on any atom is -0.493 e. The van der Waals surface area contributed by atoms with Gasteiger partial charge in [0.15, 0.2) is 0 Å². The number of benzene rings is 3. The van der Waals surface area contributed by atoms with E-state index in [4.69, 9.17) is 9.88 Å². The molecule has 0 radical (unpaired) electrons. The second-order valence-corrected chi connectivity index (χ2v) is 8.15. The SMILES string of the molecule is CCOc1cc2c(-c3cccc(S(N)(=O)=O)c3)n[nH]c2cc1C#Cc1ccccc1. The second kappa shape index (κ2) is 8.03. The molecule has 1 aromatic heterocycles. The van der Waals surface area contributed by atoms with Crippen molar-refractivity contribution >= 4 is 20.9 Å². The van der Waals surface area contributed by atoms with Gasteiger partial charge in [0.1, 0.15) is 11.4 Å². The number of aromatic amines is 1. The van der Waals surface area contributed by atoms with E-state index in [1.165, 1.54) is 12.1 Å². The van der Waals surface area contributed by atoms with Crippen molar-refractivity contribution in [3.63, 3.8) is 0 Å². The Kier molecular flexibility index (Phi) is 5.27. The zero-order valence-electron chi connectivity index (χ0n) is 16.2. The Balaban J connectivity index is 1.83. The summed E-state index contributed by atoms with van der Waals surface area (Å²) in [6, 6.07) is 19.8. The van der Waals surface area contributed by atoms with Crippen molar-refractivity contribution in [1.29, 1.82) is 0 Å². The third-order valence-corrected chi connectivity index (χ3v) is 5.43. The first-order chi connectivity index (χ1) is 14.5. The molecule has 0 aliphatic rings. The third-order valence-electron chi connectivity index (χ3n) is 4.51. The van der Waals surface area contributed by atoms with E-state index in [1.807, 2.05) is 49.4 Å². The predicted molar refractivity (Wildman–Crippen MR) is 116 cm³/mol. The summed E-state index contributed by atoms with van der Waals surface area (Å²) in [4.78, 5) is 0.0338. The highest BCUT2D eigenvalue weighted by Gasteiger charge is 2.15. The molecule has 7 heteroatoms. The van der Waals surface area contributed by atoms with E-state index in [0.717, 1.165) is 22.0 Å². The van der Waals surface area contributed by atoms with Crippen molar-refractivity contribution in [3.8, 4) is 28.8 Å². The molecule has 6 nitrogen and oxygen atoms in total. The van der Waals surface area contributed by atoms with Gasteiger partial charge in [0.05, 0.1) is 22.6 Å². The zero-order chi connectivity index (χ0) is 21.1. The maximum atomic E-state index is 11.7. The van der Waals surface area contributed by atoms with Crippen LogP contribution in [-0.4, -0.2) is 25.2 Å². The van der Waals surface area contributed by atoms with Crippen molar-refractivity contribution in [2.24, 2.45) is 5.14 Å². The first-order valence-electron chi connectivity index (χ1n) is 9.31. The van der Waals surface area contributed by atoms with Crippen molar-refractivity contribution in [2.45, 2.75) is 11.8 Å². The summed E-state index contributed by atoms with van der Waals surface area (Å²) in [6.45, 7) is 2.39. The maximum Gasteiger partial charge on any atom is 0.238 e. The van der Waals surface area contributed by atoms with Gasteiger partial charge in [0, 0.05) is 16.5 Å². The number of primary sulfonamides is 1. The lowest BCUT2D eigenvalue weighted by atomic mass is 10.0. The van der Waals surface area contributed by atoms with E-state index in [0.29, 0.717) is 23.6 Å². The van der Waals surface area contributed by atoms with E-state index in [1.54, 1.807) is 12.1 Å². The molecule has 0 bridgehead atoms. The lowest BCUT2D eigenvalue weighted by Crippen LogP contribution is -2.11. The highest BCUT2D eigenvalue weighted by atomic mass is 32.2. The smallest absolute Gasteiger partial charge is 0.238 e. The molecule has 0 fully saturated rings. The fourth-order valence-electron chi connectivity index (χ4n) is 3.12. The average Bonchev–Trinajstić information content (AvgIpc) is 3.15. The zero-order valence-corrected chi connectivity index (χ0v) is 17.0. The standard InChI is InChI=1S/C23H19N3O3S/c1-2-29-22-15-20-21(14-17(22)12-11-16-7-4-3-5-8-16)25-26-23(20)18-9-6-10-19(13-18)30(24,27)28/h3-10,13-15H,2H2,1H3,(H,25,26)(H2,24,27,28). The van der Waals surface area contributed by atoms with E-state index in [2.05, 4.69) is 22.0 Å². The summed E-state index contributed by atoms with van der Waals surface area (Å²) in [5.41, 5.74) is 3.66. The highest BCUT2D eigenvalue weighted by molar-refractivity contribution is 7.89. The summed E-state index contributed by atoms with van der Waals surface area (Å²) < 4.78 is 29.2. The molecule has 3 aromatic carbocycles. The van der Waals surface area contributed by atoms with Crippen LogP contribution in [0.1, 0.15) is 18.1 Å². The fraction of sp³-hybridized carbons (Fsp3) is 0.0870. The number of nitrogens with two attached hydrogens (primary N) is 1. The number of H-pyrrole nitrogens is 1. The Hall–Kier alpha value is -3.60. The van der Waals surface area contributed by atoms with Crippen LogP contribution < -0.4 is 9.88 Å². The van der Waals surface area contributed by atoms with Crippen LogP contribution >= 0.6 is 0 Å². The Morgan fingerprint density at radius 3 is 2.57 bits per heavy atom. The number of sulfonamides is 1. The Morgan fingerprint density at radius 1 is 1.03 bits per heavy atom. The van der Waals surface area contributed by atoms with Crippen LogP contribution in [0.15, 0.2) is 71.6 Å². The van der Waals surface area contributed by atoms with Crippen LogP contribution in [0.3, 0.4) is 0 Å². The number of nitrogens with zero attached hydrogens (tertiary/aromatic N) is 1. The molecule has 0 saturated heterocycles. The molecular weight excluding hydrogens is 398 g/mol. The van der Waals surface area contributed by atoms with E-state index < -0.39 is 10.0 Å². The number of rotatable bonds is 4. The average molecular weight is 417 g/mol. The molecule has 150 valence electrons. The van der Waals surface area contributed by atoms with Gasteiger partial charge in [-0.2, -0.15) is 5.10 Å². The summed E-state index contributed by atoms with van der Waals surface area (Å²) in [5.74, 6) is 6.95. The minimum atomic E-state index is -3.81. The maximum absolute atomic E-state index is 11.7. The normalized spacial score (nSPS) is 11.1. The van der Waals surface area contributed by atoms with Crippen molar-refractivity contribution < 1.29 is 13.2 Å². The molecule has 4 rings (SSSR count). The number of hydrogen-bond donors (Lipinski definition) is 2. The molecule has 0 spiro atoms. The monoisotopic (exact) mass is 417 g/mol. The van der Waals surface area contributed by atoms with E-state index in [-0.39, 0.29) is 4.90 Å². The molecule has 4 aromatic rings. The van der Waals surface area contributed by atoms with Crippen molar-refractivity contribution in [1.82, 2.24) is 10.2 Å². The Labute approximate surface area is 174 Å². The lowest BCUT2D eigenvalue weighted by molar-refractivity contribution is 0.340. The second-order valence-electron chi connectivity index (χ2n) is 6.59. The number of ether oxygens (including phenoxy) is 1. The van der Waals surface area contributed by atoms with Crippen LogP contribution in [0.2, 0.25) is 0 Å². The van der Waals surface area contributed by atoms with Gasteiger partial charge in [0.2, 0.25) is 10.0 Å². The quantitative estimate of drug-likeness (QED) is 0.495. The van der Waals surface area contributed by atoms with Gasteiger partial charge >= 0.3 is 0 Å². The molecule has 0 unspecified atom stereocenters. The van der Waals surface area contributed by atoms with Crippen molar-refractivity contribution in [3.05, 3.63) is 77.9 Å². The van der Waals surface area contributed by atoms with Crippen LogP contribution in [0, 0.1) is 11.8 Å². The molecule has 0 atom stereocenters. The molecule has 1 heterocycles. The topological polar surface area (TPSA) is 98.1 Å². The third kappa shape index (κ3) is 4.06. The Morgan fingerprint density at radius 2 is 1.83 bits per heavy atom. The summed E-state index contributed by atoms with van der Waals surface area (Å²) in [6.07, 6.45) is 0. The number of fused-ring (bicyclic) bond motifs is 1. The van der Waals surface area contributed by atoms with Gasteiger partial charge in [-0.15, -0.1) is 0 Å². The number of hydrogen-bond acceptors (Lipinski definition) is 4. The molecule has 30 heavy (non-hydrogen) atoms. The lowest BCUT2D eigenvalue weighted by Gasteiger charge is -2.07. The van der Waals surface area contributed by atoms with Gasteiger partial charge < -0.3 is 4.74 Å². The predicted octanol–water partition coefficient (Wildman–Crippen LogP) is 3.68. The summed E-state index contributed by atoms with van der Waals surface area (Å²) in [5, 5.41) is 13.5. The van der Waals surface area contributed by atoms with Crippen LogP contribution in [0.25, 0.3) is 22.2 Å². The number of aromatic nitrogens is 2. The minimum absolute atomic E-state index is 0.0338. The van der Waals surface area contributed by atoms with E-state index >= 15 is 0 Å². The van der Waals surface area contributed by atoms with Crippen LogP contribution in [0.4, 0.5) is 0 Å². The Bertz CT molecular complexity index is 1380. The van der Waals surface area contributed by atoms with E-state index in [9.17, 15) is 8.42 Å². The van der Waals surface area contributed by atoms with Gasteiger partial charge in [-0.25, -0.2) is 13.6 Å². The molecule has 3 N–H and O–H groups in total. The molecule has 0 saturated carbocycles. The van der Waals surface area contributed by atoms with Gasteiger partial charge in [-0.05, 0) is 43.3 Å². The first-order valence-corrected chi connectivity index (χ1v) is 10.9. The summed E-state index contributed by atoms with van der Waals surface area (Å²) in [7, 11) is -3.81. The molecule has 0 aliphatic carbocycles. The van der Waals surface area contributed by atoms with Crippen molar-refractivity contribution in [2.75, 3.05) is 6.61 Å². The first kappa shape index (κ1) is 19.7. The van der Waals surface area contributed by atoms with Crippen LogP contribution in [0.5, 0.6) is 5.75 Å². The fourth-order valence-corrected chi connectivity index (χ4v) is 3.68. The highest BCUT2D eigenvalue weighted by Crippen LogP contribution is 2.32. The van der Waals surface area contributed by atoms with Crippen LogP contribution in [-0.2, 0) is 10.0 Å².